The van der Waals surface area contributed by atoms with Crippen LogP contribution in [0.15, 0.2) is 78.2 Å². The van der Waals surface area contributed by atoms with Gasteiger partial charge in [-0.25, -0.2) is 4.79 Å². The second kappa shape index (κ2) is 8.78. The van der Waals surface area contributed by atoms with Gasteiger partial charge in [-0.15, -0.1) is 11.3 Å². The Morgan fingerprint density at radius 3 is 2.62 bits per heavy atom. The van der Waals surface area contributed by atoms with Crippen LogP contribution in [-0.2, 0) is 11.3 Å². The van der Waals surface area contributed by atoms with Crippen LogP contribution in [-0.4, -0.2) is 11.9 Å². The van der Waals surface area contributed by atoms with Gasteiger partial charge in [0.1, 0.15) is 5.75 Å². The van der Waals surface area contributed by atoms with Crippen molar-refractivity contribution in [1.82, 2.24) is 5.32 Å². The summed E-state index contributed by atoms with van der Waals surface area (Å²) >= 11 is 1.53. The van der Waals surface area contributed by atoms with Gasteiger partial charge < -0.3 is 10.1 Å². The molecule has 1 amide bonds. The monoisotopic (exact) mass is 363 g/mol. The first-order chi connectivity index (χ1) is 12.7. The van der Waals surface area contributed by atoms with Crippen LogP contribution >= 0.6 is 11.3 Å². The lowest BCUT2D eigenvalue weighted by Crippen LogP contribution is -2.22. The van der Waals surface area contributed by atoms with E-state index in [1.54, 1.807) is 30.3 Å². The molecule has 5 heteroatoms. The molecule has 0 radical (unpaired) electrons. The Bertz CT molecular complexity index is 902. The van der Waals surface area contributed by atoms with Crippen LogP contribution in [0.25, 0.3) is 6.08 Å². The second-order valence-corrected chi connectivity index (χ2v) is 6.45. The molecule has 2 aromatic carbocycles. The fraction of sp³-hybridized carbons (Fsp3) is 0.0476. The van der Waals surface area contributed by atoms with Crippen LogP contribution in [0.4, 0.5) is 0 Å². The van der Waals surface area contributed by atoms with E-state index in [0.29, 0.717) is 17.9 Å². The minimum absolute atomic E-state index is 0.221. The summed E-state index contributed by atoms with van der Waals surface area (Å²) in [5.74, 6) is -0.376. The highest BCUT2D eigenvalue weighted by Crippen LogP contribution is 2.15. The minimum Gasteiger partial charge on any atom is -0.423 e. The van der Waals surface area contributed by atoms with Crippen molar-refractivity contribution in [3.8, 4) is 5.75 Å². The highest BCUT2D eigenvalue weighted by Gasteiger charge is 2.08. The molecule has 26 heavy (non-hydrogen) atoms. The van der Waals surface area contributed by atoms with E-state index in [0.717, 1.165) is 10.4 Å². The lowest BCUT2D eigenvalue weighted by atomic mass is 10.2. The number of rotatable bonds is 6. The molecule has 1 heterocycles. The molecule has 1 aromatic heterocycles. The quantitative estimate of drug-likeness (QED) is 0.404. The third-order valence-electron chi connectivity index (χ3n) is 3.54. The number of thiophene rings is 1. The maximum absolute atomic E-state index is 12.3. The van der Waals surface area contributed by atoms with Gasteiger partial charge in [0.25, 0.3) is 5.91 Å². The van der Waals surface area contributed by atoms with E-state index in [1.165, 1.54) is 17.4 Å². The number of benzene rings is 2. The molecule has 0 saturated carbocycles. The van der Waals surface area contributed by atoms with Gasteiger partial charge in [-0.3, -0.25) is 4.79 Å². The summed E-state index contributed by atoms with van der Waals surface area (Å²) in [5, 5.41) is 4.78. The number of carbonyl (C=O) groups is 2. The lowest BCUT2D eigenvalue weighted by Gasteiger charge is -2.07. The number of hydrogen-bond acceptors (Lipinski definition) is 4. The molecule has 0 bridgehead atoms. The van der Waals surface area contributed by atoms with Crippen LogP contribution in [0.5, 0.6) is 5.75 Å². The van der Waals surface area contributed by atoms with E-state index in [1.807, 2.05) is 47.8 Å². The van der Waals surface area contributed by atoms with Crippen LogP contribution in [0.2, 0.25) is 0 Å². The Morgan fingerprint density at radius 2 is 1.85 bits per heavy atom. The van der Waals surface area contributed by atoms with Gasteiger partial charge in [0, 0.05) is 23.1 Å². The molecule has 0 unspecified atom stereocenters. The summed E-state index contributed by atoms with van der Waals surface area (Å²) in [4.78, 5) is 25.1. The summed E-state index contributed by atoms with van der Waals surface area (Å²) in [6.45, 7) is 0.438. The second-order valence-electron chi connectivity index (χ2n) is 5.47. The number of carbonyl (C=O) groups excluding carboxylic acids is 2. The molecule has 0 saturated heterocycles. The third-order valence-corrected chi connectivity index (χ3v) is 4.37. The number of hydrogen-bond donors (Lipinski definition) is 1. The summed E-state index contributed by atoms with van der Waals surface area (Å²) in [6.07, 6.45) is 3.07. The first-order valence-electron chi connectivity index (χ1n) is 8.06. The highest BCUT2D eigenvalue weighted by atomic mass is 32.1. The van der Waals surface area contributed by atoms with Crippen molar-refractivity contribution < 1.29 is 14.3 Å². The van der Waals surface area contributed by atoms with E-state index in [4.69, 9.17) is 4.74 Å². The fourth-order valence-corrected chi connectivity index (χ4v) is 2.89. The molecule has 0 atom stereocenters. The maximum Gasteiger partial charge on any atom is 0.336 e. The SMILES string of the molecule is O=C(/C=C/c1cccs1)Oc1cccc(C(=O)NCc2ccccc2)c1. The zero-order chi connectivity index (χ0) is 18.2. The van der Waals surface area contributed by atoms with E-state index in [9.17, 15) is 9.59 Å². The maximum atomic E-state index is 12.3. The van der Waals surface area contributed by atoms with Crippen molar-refractivity contribution in [2.45, 2.75) is 6.54 Å². The van der Waals surface area contributed by atoms with Crippen molar-refractivity contribution in [1.29, 1.82) is 0 Å². The smallest absolute Gasteiger partial charge is 0.336 e. The van der Waals surface area contributed by atoms with Gasteiger partial charge in [-0.05, 0) is 41.3 Å². The molecule has 1 N–H and O–H groups in total. The Morgan fingerprint density at radius 1 is 1.00 bits per heavy atom. The zero-order valence-corrected chi connectivity index (χ0v) is 14.7. The van der Waals surface area contributed by atoms with E-state index < -0.39 is 5.97 Å². The van der Waals surface area contributed by atoms with Crippen LogP contribution in [0.3, 0.4) is 0 Å². The molecular formula is C21H17NO3S. The highest BCUT2D eigenvalue weighted by molar-refractivity contribution is 7.10. The number of nitrogens with one attached hydrogen (secondary N) is 1. The number of ether oxygens (including phenoxy) is 1. The molecule has 3 rings (SSSR count). The average Bonchev–Trinajstić information content (AvgIpc) is 3.19. The molecule has 0 aliphatic rings. The first kappa shape index (κ1) is 17.6. The van der Waals surface area contributed by atoms with Crippen molar-refractivity contribution in [2.24, 2.45) is 0 Å². The lowest BCUT2D eigenvalue weighted by molar-refractivity contribution is -0.128. The average molecular weight is 363 g/mol. The minimum atomic E-state index is -0.486. The van der Waals surface area contributed by atoms with Gasteiger partial charge in [-0.1, -0.05) is 42.5 Å². The standard InChI is InChI=1S/C21H17NO3S/c23-20(12-11-19-10-5-13-26-19)25-18-9-4-8-17(14-18)21(24)22-15-16-6-2-1-3-7-16/h1-14H,15H2,(H,22,24)/b12-11+. The summed E-state index contributed by atoms with van der Waals surface area (Å²) in [6, 6.07) is 20.0. The molecule has 0 spiro atoms. The predicted molar refractivity (Wildman–Crippen MR) is 103 cm³/mol. The number of amides is 1. The zero-order valence-electron chi connectivity index (χ0n) is 13.9. The molecule has 4 nitrogen and oxygen atoms in total. The van der Waals surface area contributed by atoms with Gasteiger partial charge in [0.2, 0.25) is 0 Å². The Labute approximate surface area is 155 Å². The number of esters is 1. The van der Waals surface area contributed by atoms with Gasteiger partial charge >= 0.3 is 5.97 Å². The fourth-order valence-electron chi connectivity index (χ4n) is 2.27. The van der Waals surface area contributed by atoms with Gasteiger partial charge in [-0.2, -0.15) is 0 Å². The van der Waals surface area contributed by atoms with Crippen LogP contribution in [0, 0.1) is 0 Å². The van der Waals surface area contributed by atoms with E-state index in [2.05, 4.69) is 5.32 Å². The third kappa shape index (κ3) is 5.16. The van der Waals surface area contributed by atoms with Crippen LogP contribution in [0.1, 0.15) is 20.8 Å². The van der Waals surface area contributed by atoms with Crippen LogP contribution < -0.4 is 10.1 Å². The Balaban J connectivity index is 1.58. The first-order valence-corrected chi connectivity index (χ1v) is 8.94. The Kier molecular flexibility index (Phi) is 5.96. The largest absolute Gasteiger partial charge is 0.423 e. The van der Waals surface area contributed by atoms with E-state index >= 15 is 0 Å². The van der Waals surface area contributed by atoms with Crippen molar-refractivity contribution in [3.63, 3.8) is 0 Å². The van der Waals surface area contributed by atoms with Crippen molar-refractivity contribution in [2.75, 3.05) is 0 Å². The van der Waals surface area contributed by atoms with Gasteiger partial charge in [0.15, 0.2) is 0 Å². The van der Waals surface area contributed by atoms with Gasteiger partial charge in [0.05, 0.1) is 0 Å². The molecular weight excluding hydrogens is 346 g/mol. The molecule has 0 fully saturated rings. The predicted octanol–water partition coefficient (Wildman–Crippen LogP) is 4.30. The molecule has 130 valence electrons. The Hall–Kier alpha value is -3.18. The molecule has 0 aliphatic carbocycles. The summed E-state index contributed by atoms with van der Waals surface area (Å²) < 4.78 is 5.27. The summed E-state index contributed by atoms with van der Waals surface area (Å²) in [5.41, 5.74) is 1.45. The van der Waals surface area contributed by atoms with Crippen molar-refractivity contribution in [3.05, 3.63) is 94.2 Å². The van der Waals surface area contributed by atoms with Crippen molar-refractivity contribution >= 4 is 29.3 Å². The molecule has 0 aliphatic heterocycles. The van der Waals surface area contributed by atoms with E-state index in [-0.39, 0.29) is 5.91 Å². The molecule has 3 aromatic rings. The normalized spacial score (nSPS) is 10.6. The summed E-state index contributed by atoms with van der Waals surface area (Å²) in [7, 11) is 0. The topological polar surface area (TPSA) is 55.4 Å².